The lowest BCUT2D eigenvalue weighted by Crippen LogP contribution is -2.44. The highest BCUT2D eigenvalue weighted by molar-refractivity contribution is 5.88. The molecule has 2 amide bonds. The van der Waals surface area contributed by atoms with E-state index in [0.717, 1.165) is 30.2 Å². The summed E-state index contributed by atoms with van der Waals surface area (Å²) in [6, 6.07) is 7.37. The summed E-state index contributed by atoms with van der Waals surface area (Å²) in [5, 5.41) is 5.72. The summed E-state index contributed by atoms with van der Waals surface area (Å²) < 4.78 is 11.2. The van der Waals surface area contributed by atoms with Gasteiger partial charge in [-0.3, -0.25) is 10.2 Å². The topological polar surface area (TPSA) is 79.6 Å². The van der Waals surface area contributed by atoms with Crippen LogP contribution in [0.1, 0.15) is 23.1 Å². The molecule has 134 valence electrons. The van der Waals surface area contributed by atoms with Crippen LogP contribution in [0.15, 0.2) is 34.9 Å². The zero-order valence-electron chi connectivity index (χ0n) is 14.6. The van der Waals surface area contributed by atoms with Gasteiger partial charge in [0, 0.05) is 25.8 Å². The van der Waals surface area contributed by atoms with Gasteiger partial charge in [-0.1, -0.05) is 6.07 Å². The summed E-state index contributed by atoms with van der Waals surface area (Å²) >= 11 is 0. The highest BCUT2D eigenvalue weighted by Gasteiger charge is 2.25. The van der Waals surface area contributed by atoms with Gasteiger partial charge >= 0.3 is 6.03 Å². The number of carbonyl (C=O) groups excluding carboxylic acids is 1. The molecule has 7 heteroatoms. The lowest BCUT2D eigenvalue weighted by atomic mass is 10.1. The van der Waals surface area contributed by atoms with Crippen LogP contribution in [-0.4, -0.2) is 48.8 Å². The molecule has 1 saturated heterocycles. The number of anilines is 1. The predicted molar refractivity (Wildman–Crippen MR) is 94.6 cm³/mol. The van der Waals surface area contributed by atoms with Gasteiger partial charge in [-0.05, 0) is 37.6 Å². The summed E-state index contributed by atoms with van der Waals surface area (Å²) in [6.07, 6.45) is 1.66. The number of hydrogen-bond donors (Lipinski definition) is 2. The Hall–Kier alpha value is -2.38. The molecule has 2 aromatic heterocycles. The molecule has 1 fully saturated rings. The Morgan fingerprint density at radius 1 is 1.28 bits per heavy atom. The molecule has 1 aliphatic rings. The summed E-state index contributed by atoms with van der Waals surface area (Å²) in [5.74, 6) is 2.28. The average molecular weight is 344 g/mol. The number of aryl methyl sites for hydroxylation is 2. The lowest BCUT2D eigenvalue weighted by Gasteiger charge is -2.33. The van der Waals surface area contributed by atoms with E-state index in [-0.39, 0.29) is 12.1 Å². The van der Waals surface area contributed by atoms with Crippen molar-refractivity contribution in [3.8, 4) is 0 Å². The minimum Gasteiger partial charge on any atom is -0.465 e. The second-order valence-corrected chi connectivity index (χ2v) is 6.12. The number of ether oxygens (including phenoxy) is 1. The first-order chi connectivity index (χ1) is 12.1. The molecule has 2 aromatic rings. The molecule has 1 unspecified atom stereocenters. The van der Waals surface area contributed by atoms with Crippen LogP contribution in [0, 0.1) is 13.8 Å². The predicted octanol–water partition coefficient (Wildman–Crippen LogP) is 2.49. The standard InChI is InChI=1S/C18H24N4O3/c1-13-4-3-7-19-17(13)21-18(23)20-12-15(16-6-5-14(2)25-16)22-8-10-24-11-9-22/h3-7,15H,8-12H2,1-2H3,(H2,19,20,21,23). The number of nitrogens with zero attached hydrogens (tertiary/aromatic N) is 2. The number of aromatic nitrogens is 1. The van der Waals surface area contributed by atoms with Gasteiger partial charge in [-0.25, -0.2) is 9.78 Å². The number of urea groups is 1. The quantitative estimate of drug-likeness (QED) is 0.871. The van der Waals surface area contributed by atoms with Crippen LogP contribution in [-0.2, 0) is 4.74 Å². The van der Waals surface area contributed by atoms with Crippen molar-refractivity contribution in [2.24, 2.45) is 0 Å². The minimum atomic E-state index is -0.275. The number of morpholine rings is 1. The highest BCUT2D eigenvalue weighted by Crippen LogP contribution is 2.23. The van der Waals surface area contributed by atoms with Crippen molar-refractivity contribution in [3.05, 3.63) is 47.5 Å². The number of nitrogens with one attached hydrogen (secondary N) is 2. The van der Waals surface area contributed by atoms with Crippen molar-refractivity contribution in [3.63, 3.8) is 0 Å². The molecule has 1 atom stereocenters. The monoisotopic (exact) mass is 344 g/mol. The summed E-state index contributed by atoms with van der Waals surface area (Å²) in [6.45, 7) is 7.28. The van der Waals surface area contributed by atoms with Crippen LogP contribution in [0.4, 0.5) is 10.6 Å². The van der Waals surface area contributed by atoms with Gasteiger partial charge in [0.15, 0.2) is 0 Å². The molecular weight excluding hydrogens is 320 g/mol. The maximum absolute atomic E-state index is 12.3. The Labute approximate surface area is 147 Å². The van der Waals surface area contributed by atoms with Gasteiger partial charge in [-0.15, -0.1) is 0 Å². The first kappa shape index (κ1) is 17.4. The number of hydrogen-bond acceptors (Lipinski definition) is 5. The Kier molecular flexibility index (Phi) is 5.67. The second-order valence-electron chi connectivity index (χ2n) is 6.12. The molecule has 0 bridgehead atoms. The van der Waals surface area contributed by atoms with E-state index in [9.17, 15) is 4.79 Å². The molecular formula is C18H24N4O3. The second kappa shape index (κ2) is 8.13. The Morgan fingerprint density at radius 2 is 2.08 bits per heavy atom. The zero-order valence-corrected chi connectivity index (χ0v) is 14.6. The van der Waals surface area contributed by atoms with Gasteiger partial charge < -0.3 is 14.5 Å². The van der Waals surface area contributed by atoms with Crippen molar-refractivity contribution in [1.82, 2.24) is 15.2 Å². The first-order valence-corrected chi connectivity index (χ1v) is 8.48. The fraction of sp³-hybridized carbons (Fsp3) is 0.444. The van der Waals surface area contributed by atoms with Crippen LogP contribution in [0.5, 0.6) is 0 Å². The number of amides is 2. The van der Waals surface area contributed by atoms with Crippen LogP contribution < -0.4 is 10.6 Å². The maximum Gasteiger partial charge on any atom is 0.320 e. The van der Waals surface area contributed by atoms with Crippen molar-refractivity contribution in [1.29, 1.82) is 0 Å². The number of carbonyl (C=O) groups is 1. The van der Waals surface area contributed by atoms with E-state index in [1.165, 1.54) is 0 Å². The van der Waals surface area contributed by atoms with E-state index < -0.39 is 0 Å². The Morgan fingerprint density at radius 3 is 2.76 bits per heavy atom. The van der Waals surface area contributed by atoms with E-state index in [1.54, 1.807) is 6.20 Å². The van der Waals surface area contributed by atoms with Gasteiger partial charge in [0.1, 0.15) is 17.3 Å². The van der Waals surface area contributed by atoms with Gasteiger partial charge in [0.25, 0.3) is 0 Å². The summed E-state index contributed by atoms with van der Waals surface area (Å²) in [7, 11) is 0. The first-order valence-electron chi connectivity index (χ1n) is 8.48. The SMILES string of the molecule is Cc1ccc(C(CNC(=O)Nc2ncccc2C)N2CCOCC2)o1. The van der Waals surface area contributed by atoms with Crippen molar-refractivity contribution in [2.45, 2.75) is 19.9 Å². The van der Waals surface area contributed by atoms with Crippen LogP contribution in [0.3, 0.4) is 0 Å². The maximum atomic E-state index is 12.3. The van der Waals surface area contributed by atoms with Crippen molar-refractivity contribution >= 4 is 11.8 Å². The molecule has 0 aromatic carbocycles. The van der Waals surface area contributed by atoms with Gasteiger partial charge in [0.2, 0.25) is 0 Å². The van der Waals surface area contributed by atoms with Crippen LogP contribution in [0.2, 0.25) is 0 Å². The van der Waals surface area contributed by atoms with E-state index in [0.29, 0.717) is 25.6 Å². The number of pyridine rings is 1. The highest BCUT2D eigenvalue weighted by atomic mass is 16.5. The normalized spacial score (nSPS) is 16.4. The molecule has 0 aliphatic carbocycles. The lowest BCUT2D eigenvalue weighted by molar-refractivity contribution is 0.0122. The van der Waals surface area contributed by atoms with Crippen molar-refractivity contribution < 1.29 is 13.9 Å². The van der Waals surface area contributed by atoms with Gasteiger partial charge in [-0.2, -0.15) is 0 Å². The van der Waals surface area contributed by atoms with Gasteiger partial charge in [0.05, 0.1) is 19.3 Å². The van der Waals surface area contributed by atoms with Crippen molar-refractivity contribution in [2.75, 3.05) is 38.2 Å². The third kappa shape index (κ3) is 4.58. The Balaban J connectivity index is 1.63. The fourth-order valence-electron chi connectivity index (χ4n) is 2.89. The zero-order chi connectivity index (χ0) is 17.6. The number of rotatable bonds is 5. The molecule has 1 aliphatic heterocycles. The molecule has 3 rings (SSSR count). The van der Waals surface area contributed by atoms with E-state index >= 15 is 0 Å². The average Bonchev–Trinajstić information content (AvgIpc) is 3.04. The molecule has 0 radical (unpaired) electrons. The third-order valence-electron chi connectivity index (χ3n) is 4.27. The van der Waals surface area contributed by atoms with Crippen LogP contribution >= 0.6 is 0 Å². The van der Waals surface area contributed by atoms with Crippen LogP contribution in [0.25, 0.3) is 0 Å². The van der Waals surface area contributed by atoms with E-state index in [4.69, 9.17) is 9.15 Å². The molecule has 3 heterocycles. The molecule has 0 saturated carbocycles. The summed E-state index contributed by atoms with van der Waals surface area (Å²) in [4.78, 5) is 18.7. The summed E-state index contributed by atoms with van der Waals surface area (Å²) in [5.41, 5.74) is 0.920. The smallest absolute Gasteiger partial charge is 0.320 e. The number of furan rings is 1. The third-order valence-corrected chi connectivity index (χ3v) is 4.27. The minimum absolute atomic E-state index is 0.0202. The molecule has 7 nitrogen and oxygen atoms in total. The molecule has 25 heavy (non-hydrogen) atoms. The fourth-order valence-corrected chi connectivity index (χ4v) is 2.89. The van der Waals surface area contributed by atoms with E-state index in [2.05, 4.69) is 20.5 Å². The Bertz CT molecular complexity index is 710. The molecule has 0 spiro atoms. The van der Waals surface area contributed by atoms with E-state index in [1.807, 2.05) is 38.1 Å². The largest absolute Gasteiger partial charge is 0.465 e. The molecule has 2 N–H and O–H groups in total.